The van der Waals surface area contributed by atoms with Gasteiger partial charge in [0.25, 0.3) is 0 Å². The zero-order valence-corrected chi connectivity index (χ0v) is 16.4. The molecule has 7 heteroatoms. The van der Waals surface area contributed by atoms with Crippen molar-refractivity contribution in [1.29, 1.82) is 0 Å². The van der Waals surface area contributed by atoms with E-state index in [0.29, 0.717) is 24.1 Å². The topological polar surface area (TPSA) is 65.0 Å². The summed E-state index contributed by atoms with van der Waals surface area (Å²) in [7, 11) is -2.81. The molecule has 2 atom stereocenters. The van der Waals surface area contributed by atoms with E-state index in [2.05, 4.69) is 22.0 Å². The first-order valence-corrected chi connectivity index (χ1v) is 11.9. The van der Waals surface area contributed by atoms with Crippen LogP contribution in [0.15, 0.2) is 4.99 Å². The third-order valence-corrected chi connectivity index (χ3v) is 7.57. The lowest BCUT2D eigenvalue weighted by Crippen LogP contribution is -2.45. The number of rotatable bonds is 5. The summed E-state index contributed by atoms with van der Waals surface area (Å²) in [5.41, 5.74) is 0. The SMILES string of the molecule is CCCNC(=NCC1CCS(=O)(=O)C1)N1CCC(N2CCCCC2)C1. The average molecular weight is 371 g/mol. The molecule has 0 amide bonds. The Morgan fingerprint density at radius 2 is 1.96 bits per heavy atom. The highest BCUT2D eigenvalue weighted by Gasteiger charge is 2.31. The van der Waals surface area contributed by atoms with Crippen LogP contribution in [0.1, 0.15) is 45.4 Å². The Morgan fingerprint density at radius 3 is 2.64 bits per heavy atom. The maximum atomic E-state index is 11.7. The Kier molecular flexibility index (Phi) is 6.61. The molecule has 0 spiro atoms. The first-order valence-electron chi connectivity index (χ1n) is 10.0. The normalized spacial score (nSPS) is 30.8. The molecule has 0 aromatic heterocycles. The van der Waals surface area contributed by atoms with Crippen LogP contribution in [0.25, 0.3) is 0 Å². The quantitative estimate of drug-likeness (QED) is 0.584. The highest BCUT2D eigenvalue weighted by atomic mass is 32.2. The third kappa shape index (κ3) is 5.33. The maximum Gasteiger partial charge on any atom is 0.193 e. The molecule has 6 nitrogen and oxygen atoms in total. The number of hydrogen-bond donors (Lipinski definition) is 1. The Bertz CT molecular complexity index is 557. The van der Waals surface area contributed by atoms with Crippen molar-refractivity contribution in [2.75, 3.05) is 50.8 Å². The second-order valence-corrected chi connectivity index (χ2v) is 10.1. The molecule has 25 heavy (non-hydrogen) atoms. The van der Waals surface area contributed by atoms with Crippen LogP contribution in [0.5, 0.6) is 0 Å². The maximum absolute atomic E-state index is 11.7. The Morgan fingerprint density at radius 1 is 1.16 bits per heavy atom. The molecule has 3 aliphatic heterocycles. The molecule has 3 fully saturated rings. The Balaban J connectivity index is 1.57. The minimum atomic E-state index is -2.81. The predicted octanol–water partition coefficient (Wildman–Crippen LogP) is 1.34. The van der Waals surface area contributed by atoms with Crippen LogP contribution in [-0.4, -0.2) is 81.0 Å². The van der Waals surface area contributed by atoms with E-state index in [-0.39, 0.29) is 5.92 Å². The molecule has 1 N–H and O–H groups in total. The van der Waals surface area contributed by atoms with Gasteiger partial charge in [-0.1, -0.05) is 13.3 Å². The number of piperidine rings is 1. The fraction of sp³-hybridized carbons (Fsp3) is 0.944. The van der Waals surface area contributed by atoms with Crippen LogP contribution in [0.3, 0.4) is 0 Å². The molecule has 3 rings (SSSR count). The van der Waals surface area contributed by atoms with Crippen molar-refractivity contribution < 1.29 is 8.42 Å². The molecule has 3 aliphatic rings. The van der Waals surface area contributed by atoms with Gasteiger partial charge in [0.05, 0.1) is 11.5 Å². The van der Waals surface area contributed by atoms with Gasteiger partial charge in [0.2, 0.25) is 0 Å². The summed E-state index contributed by atoms with van der Waals surface area (Å²) in [5, 5.41) is 3.49. The Hall–Kier alpha value is -0.820. The van der Waals surface area contributed by atoms with Crippen LogP contribution in [0, 0.1) is 5.92 Å². The molecule has 0 aliphatic carbocycles. The van der Waals surface area contributed by atoms with Crippen molar-refractivity contribution in [1.82, 2.24) is 15.1 Å². The monoisotopic (exact) mass is 370 g/mol. The molecule has 144 valence electrons. The van der Waals surface area contributed by atoms with Crippen LogP contribution < -0.4 is 5.32 Å². The average Bonchev–Trinajstić information content (AvgIpc) is 3.22. The van der Waals surface area contributed by atoms with E-state index < -0.39 is 9.84 Å². The summed E-state index contributed by atoms with van der Waals surface area (Å²) in [6.45, 7) is 8.32. The van der Waals surface area contributed by atoms with E-state index in [9.17, 15) is 8.42 Å². The van der Waals surface area contributed by atoms with Crippen molar-refractivity contribution in [2.24, 2.45) is 10.9 Å². The standard InChI is InChI=1S/C18H34N4O2S/c1-2-8-19-18(20-13-16-7-12-25(23,24)15-16)22-11-6-17(14-22)21-9-4-3-5-10-21/h16-17H,2-15H2,1H3,(H,19,20). The van der Waals surface area contributed by atoms with E-state index in [1.165, 1.54) is 38.8 Å². The molecule has 2 unspecified atom stereocenters. The van der Waals surface area contributed by atoms with Crippen molar-refractivity contribution in [3.05, 3.63) is 0 Å². The summed E-state index contributed by atoms with van der Waals surface area (Å²) < 4.78 is 23.3. The van der Waals surface area contributed by atoms with Gasteiger partial charge >= 0.3 is 0 Å². The van der Waals surface area contributed by atoms with Gasteiger partial charge in [0, 0.05) is 32.2 Å². The molecule has 0 saturated carbocycles. The first kappa shape index (κ1) is 19.0. The molecule has 0 aromatic rings. The van der Waals surface area contributed by atoms with Crippen LogP contribution in [0.4, 0.5) is 0 Å². The molecule has 3 saturated heterocycles. The van der Waals surface area contributed by atoms with E-state index in [1.54, 1.807) is 0 Å². The van der Waals surface area contributed by atoms with Crippen LogP contribution in [-0.2, 0) is 9.84 Å². The second kappa shape index (κ2) is 8.71. The molecular formula is C18H34N4O2S. The van der Waals surface area contributed by atoms with Gasteiger partial charge in [0.15, 0.2) is 15.8 Å². The lowest BCUT2D eigenvalue weighted by Gasteiger charge is -2.32. The number of guanidine groups is 1. The minimum Gasteiger partial charge on any atom is -0.356 e. The molecule has 0 aromatic carbocycles. The van der Waals surface area contributed by atoms with Crippen LogP contribution in [0.2, 0.25) is 0 Å². The highest BCUT2D eigenvalue weighted by molar-refractivity contribution is 7.91. The summed E-state index contributed by atoms with van der Waals surface area (Å²) in [6.07, 6.45) is 7.10. The number of sulfone groups is 1. The lowest BCUT2D eigenvalue weighted by atomic mass is 10.1. The largest absolute Gasteiger partial charge is 0.356 e. The Labute approximate surface area is 153 Å². The van der Waals surface area contributed by atoms with Crippen LogP contribution >= 0.6 is 0 Å². The van der Waals surface area contributed by atoms with E-state index in [0.717, 1.165) is 38.4 Å². The number of nitrogens with zero attached hydrogens (tertiary/aromatic N) is 3. The first-order chi connectivity index (χ1) is 12.1. The van der Waals surface area contributed by atoms with Gasteiger partial charge in [-0.25, -0.2) is 8.42 Å². The van der Waals surface area contributed by atoms with Gasteiger partial charge in [-0.05, 0) is 51.1 Å². The highest BCUT2D eigenvalue weighted by Crippen LogP contribution is 2.21. The van der Waals surface area contributed by atoms with Crippen molar-refractivity contribution in [3.8, 4) is 0 Å². The van der Waals surface area contributed by atoms with Crippen molar-refractivity contribution >= 4 is 15.8 Å². The number of hydrogen-bond acceptors (Lipinski definition) is 4. The van der Waals surface area contributed by atoms with Gasteiger partial charge in [-0.15, -0.1) is 0 Å². The van der Waals surface area contributed by atoms with Crippen molar-refractivity contribution in [2.45, 2.75) is 51.5 Å². The minimum absolute atomic E-state index is 0.198. The molecular weight excluding hydrogens is 336 g/mol. The molecule has 0 bridgehead atoms. The summed E-state index contributed by atoms with van der Waals surface area (Å²) >= 11 is 0. The zero-order valence-electron chi connectivity index (χ0n) is 15.6. The summed E-state index contributed by atoms with van der Waals surface area (Å²) in [6, 6.07) is 0.654. The van der Waals surface area contributed by atoms with Gasteiger partial charge in [-0.2, -0.15) is 0 Å². The second-order valence-electron chi connectivity index (χ2n) is 7.85. The fourth-order valence-electron chi connectivity index (χ4n) is 4.25. The lowest BCUT2D eigenvalue weighted by molar-refractivity contribution is 0.168. The molecule has 3 heterocycles. The number of likely N-dealkylation sites (tertiary alicyclic amines) is 2. The van der Waals surface area contributed by atoms with Gasteiger partial charge in [0.1, 0.15) is 0 Å². The number of nitrogens with one attached hydrogen (secondary N) is 1. The van der Waals surface area contributed by atoms with Gasteiger partial charge in [-0.3, -0.25) is 9.89 Å². The fourth-order valence-corrected chi connectivity index (χ4v) is 6.10. The number of aliphatic imine (C=N–C) groups is 1. The van der Waals surface area contributed by atoms with Gasteiger partial charge < -0.3 is 10.2 Å². The van der Waals surface area contributed by atoms with E-state index in [1.807, 2.05) is 0 Å². The summed E-state index contributed by atoms with van der Waals surface area (Å²) in [4.78, 5) is 9.86. The zero-order chi connectivity index (χ0) is 17.7. The third-order valence-electron chi connectivity index (χ3n) is 5.73. The summed E-state index contributed by atoms with van der Waals surface area (Å²) in [5.74, 6) is 1.84. The van der Waals surface area contributed by atoms with E-state index >= 15 is 0 Å². The van der Waals surface area contributed by atoms with Crippen molar-refractivity contribution in [3.63, 3.8) is 0 Å². The molecule has 0 radical (unpaired) electrons. The smallest absolute Gasteiger partial charge is 0.193 e. The predicted molar refractivity (Wildman–Crippen MR) is 103 cm³/mol. The van der Waals surface area contributed by atoms with E-state index in [4.69, 9.17) is 4.99 Å².